The fraction of sp³-hybridized carbons (Fsp3) is 0.222. The lowest BCUT2D eigenvalue weighted by Gasteiger charge is -2.20. The van der Waals surface area contributed by atoms with Crippen LogP contribution in [0.25, 0.3) is 6.08 Å². The Kier molecular flexibility index (Phi) is 4.65. The van der Waals surface area contributed by atoms with Crippen LogP contribution in [0.1, 0.15) is 24.0 Å². The Labute approximate surface area is 139 Å². The van der Waals surface area contributed by atoms with Gasteiger partial charge >= 0.3 is 0 Å². The number of rotatable bonds is 6. The Bertz CT molecular complexity index is 753. The molecule has 1 amide bonds. The Morgan fingerprint density at radius 3 is 2.46 bits per heavy atom. The van der Waals surface area contributed by atoms with Crippen molar-refractivity contribution in [3.8, 4) is 0 Å². The first-order valence-electron chi connectivity index (χ1n) is 7.75. The third kappa shape index (κ3) is 4.04. The summed E-state index contributed by atoms with van der Waals surface area (Å²) in [5, 5.41) is 10.6. The quantitative estimate of drug-likeness (QED) is 0.465. The molecule has 6 heteroatoms. The van der Waals surface area contributed by atoms with Crippen LogP contribution in [-0.2, 0) is 11.3 Å². The minimum atomic E-state index is -0.442. The average molecular weight is 323 g/mol. The van der Waals surface area contributed by atoms with Crippen molar-refractivity contribution in [1.82, 2.24) is 9.88 Å². The summed E-state index contributed by atoms with van der Waals surface area (Å²) in [5.74, 6) is -0.0485. The molecule has 1 aliphatic rings. The fourth-order valence-electron chi connectivity index (χ4n) is 2.43. The lowest BCUT2D eigenvalue weighted by atomic mass is 10.2. The van der Waals surface area contributed by atoms with Gasteiger partial charge in [-0.05, 0) is 54.3 Å². The van der Waals surface area contributed by atoms with Crippen molar-refractivity contribution in [3.05, 3.63) is 76.1 Å². The molecule has 1 fully saturated rings. The molecule has 1 saturated carbocycles. The van der Waals surface area contributed by atoms with Crippen molar-refractivity contribution in [2.45, 2.75) is 25.4 Å². The summed E-state index contributed by atoms with van der Waals surface area (Å²) in [6.45, 7) is 0.566. The Morgan fingerprint density at radius 2 is 1.88 bits per heavy atom. The minimum absolute atomic E-state index is 0.0378. The molecule has 0 N–H and O–H groups in total. The Balaban J connectivity index is 1.68. The highest BCUT2D eigenvalue weighted by Crippen LogP contribution is 2.28. The van der Waals surface area contributed by atoms with Gasteiger partial charge in [0.05, 0.1) is 4.92 Å². The number of aromatic nitrogens is 1. The third-order valence-corrected chi connectivity index (χ3v) is 3.90. The Morgan fingerprint density at radius 1 is 1.21 bits per heavy atom. The van der Waals surface area contributed by atoms with E-state index in [0.29, 0.717) is 12.6 Å². The van der Waals surface area contributed by atoms with Gasteiger partial charge in [-0.3, -0.25) is 19.9 Å². The highest BCUT2D eigenvalue weighted by Gasteiger charge is 2.31. The molecule has 1 aromatic carbocycles. The van der Waals surface area contributed by atoms with Gasteiger partial charge in [0.2, 0.25) is 5.91 Å². The molecule has 1 heterocycles. The van der Waals surface area contributed by atoms with E-state index in [4.69, 9.17) is 0 Å². The first kappa shape index (κ1) is 15.9. The minimum Gasteiger partial charge on any atom is -0.332 e. The smallest absolute Gasteiger partial charge is 0.269 e. The molecule has 3 rings (SSSR count). The lowest BCUT2D eigenvalue weighted by molar-refractivity contribution is -0.384. The van der Waals surface area contributed by atoms with Crippen molar-refractivity contribution < 1.29 is 9.72 Å². The van der Waals surface area contributed by atoms with Gasteiger partial charge in [0.1, 0.15) is 0 Å². The van der Waals surface area contributed by atoms with E-state index < -0.39 is 4.92 Å². The zero-order chi connectivity index (χ0) is 16.9. The molecule has 0 bridgehead atoms. The zero-order valence-corrected chi connectivity index (χ0v) is 13.0. The van der Waals surface area contributed by atoms with Crippen LogP contribution in [0.15, 0.2) is 54.9 Å². The first-order chi connectivity index (χ1) is 11.6. The van der Waals surface area contributed by atoms with Gasteiger partial charge in [-0.2, -0.15) is 0 Å². The number of hydrogen-bond acceptors (Lipinski definition) is 4. The fourth-order valence-corrected chi connectivity index (χ4v) is 2.43. The first-order valence-corrected chi connectivity index (χ1v) is 7.75. The van der Waals surface area contributed by atoms with Gasteiger partial charge in [-0.15, -0.1) is 0 Å². The lowest BCUT2D eigenvalue weighted by Crippen LogP contribution is -2.31. The summed E-state index contributed by atoms with van der Waals surface area (Å²) in [5.41, 5.74) is 1.85. The standard InChI is InChI=1S/C18H17N3O3/c22-18(8-3-14-1-4-17(5-2-14)21(23)24)20(16-6-7-16)13-15-9-11-19-12-10-15/h1-5,8-12,16H,6-7,13H2/b8-3+. The number of nitrogens with zero attached hydrogens (tertiary/aromatic N) is 3. The second-order valence-electron chi connectivity index (χ2n) is 5.73. The van der Waals surface area contributed by atoms with Gasteiger partial charge in [0.25, 0.3) is 5.69 Å². The van der Waals surface area contributed by atoms with E-state index in [1.165, 1.54) is 18.2 Å². The molecule has 0 atom stereocenters. The zero-order valence-electron chi connectivity index (χ0n) is 13.0. The van der Waals surface area contributed by atoms with Crippen LogP contribution < -0.4 is 0 Å². The highest BCUT2D eigenvalue weighted by atomic mass is 16.6. The summed E-state index contributed by atoms with van der Waals surface area (Å²) < 4.78 is 0. The molecule has 2 aromatic rings. The number of benzene rings is 1. The highest BCUT2D eigenvalue weighted by molar-refractivity contribution is 5.92. The molecule has 0 spiro atoms. The number of amides is 1. The predicted octanol–water partition coefficient (Wildman–Crippen LogP) is 3.19. The average Bonchev–Trinajstić information content (AvgIpc) is 3.44. The van der Waals surface area contributed by atoms with E-state index >= 15 is 0 Å². The van der Waals surface area contributed by atoms with Gasteiger partial charge in [-0.25, -0.2) is 0 Å². The maximum atomic E-state index is 12.5. The second-order valence-corrected chi connectivity index (χ2v) is 5.73. The van der Waals surface area contributed by atoms with Crippen LogP contribution in [0.4, 0.5) is 5.69 Å². The van der Waals surface area contributed by atoms with Crippen molar-refractivity contribution in [1.29, 1.82) is 0 Å². The van der Waals surface area contributed by atoms with Gasteiger partial charge < -0.3 is 4.90 Å². The van der Waals surface area contributed by atoms with Crippen LogP contribution in [0.5, 0.6) is 0 Å². The molecule has 6 nitrogen and oxygen atoms in total. The van der Waals surface area contributed by atoms with E-state index in [9.17, 15) is 14.9 Å². The van der Waals surface area contributed by atoms with Crippen LogP contribution in [0, 0.1) is 10.1 Å². The summed E-state index contributed by atoms with van der Waals surface area (Å²) in [6.07, 6.45) is 8.72. The Hall–Kier alpha value is -3.02. The molecular formula is C18H17N3O3. The van der Waals surface area contributed by atoms with Crippen molar-refractivity contribution in [3.63, 3.8) is 0 Å². The van der Waals surface area contributed by atoms with E-state index in [1.54, 1.807) is 30.6 Å². The number of nitro groups is 1. The predicted molar refractivity (Wildman–Crippen MR) is 89.9 cm³/mol. The van der Waals surface area contributed by atoms with Crippen LogP contribution >= 0.6 is 0 Å². The van der Waals surface area contributed by atoms with Crippen molar-refractivity contribution in [2.75, 3.05) is 0 Å². The number of carbonyl (C=O) groups excluding carboxylic acids is 1. The van der Waals surface area contributed by atoms with Gasteiger partial charge in [-0.1, -0.05) is 0 Å². The van der Waals surface area contributed by atoms with E-state index in [-0.39, 0.29) is 11.6 Å². The summed E-state index contributed by atoms with van der Waals surface area (Å²) >= 11 is 0. The van der Waals surface area contributed by atoms with Crippen molar-refractivity contribution >= 4 is 17.7 Å². The number of carbonyl (C=O) groups is 1. The number of pyridine rings is 1. The number of hydrogen-bond donors (Lipinski definition) is 0. The van der Waals surface area contributed by atoms with E-state index in [0.717, 1.165) is 24.0 Å². The maximum Gasteiger partial charge on any atom is 0.269 e. The SMILES string of the molecule is O=C(/C=C/c1ccc([N+](=O)[O-])cc1)N(Cc1ccncc1)C1CC1. The number of non-ortho nitro benzene ring substituents is 1. The van der Waals surface area contributed by atoms with E-state index in [2.05, 4.69) is 4.98 Å². The molecule has 24 heavy (non-hydrogen) atoms. The second kappa shape index (κ2) is 7.04. The molecule has 0 unspecified atom stereocenters. The molecule has 0 saturated heterocycles. The monoisotopic (exact) mass is 323 g/mol. The van der Waals surface area contributed by atoms with Gasteiger partial charge in [0, 0.05) is 43.2 Å². The molecular weight excluding hydrogens is 306 g/mol. The largest absolute Gasteiger partial charge is 0.332 e. The van der Waals surface area contributed by atoms with Crippen LogP contribution in [0.3, 0.4) is 0 Å². The summed E-state index contributed by atoms with van der Waals surface area (Å²) in [4.78, 5) is 28.5. The summed E-state index contributed by atoms with van der Waals surface area (Å²) in [7, 11) is 0. The molecule has 122 valence electrons. The molecule has 0 radical (unpaired) electrons. The summed E-state index contributed by atoms with van der Waals surface area (Å²) in [6, 6.07) is 10.2. The normalized spacial score (nSPS) is 13.8. The molecule has 1 aliphatic carbocycles. The van der Waals surface area contributed by atoms with Crippen LogP contribution in [-0.4, -0.2) is 26.8 Å². The topological polar surface area (TPSA) is 76.3 Å². The van der Waals surface area contributed by atoms with Crippen molar-refractivity contribution in [2.24, 2.45) is 0 Å². The van der Waals surface area contributed by atoms with Crippen LogP contribution in [0.2, 0.25) is 0 Å². The molecule has 1 aromatic heterocycles. The number of nitro benzene ring substituents is 1. The van der Waals surface area contributed by atoms with E-state index in [1.807, 2.05) is 17.0 Å². The van der Waals surface area contributed by atoms with Gasteiger partial charge in [0.15, 0.2) is 0 Å². The third-order valence-electron chi connectivity index (χ3n) is 3.90. The molecule has 0 aliphatic heterocycles. The maximum absolute atomic E-state index is 12.5.